The maximum absolute atomic E-state index is 11.7. The van der Waals surface area contributed by atoms with E-state index >= 15 is 0 Å². The Kier molecular flexibility index (Phi) is 6.03. The van der Waals surface area contributed by atoms with Crippen LogP contribution in [-0.2, 0) is 9.59 Å². The zero-order valence-electron chi connectivity index (χ0n) is 12.1. The first-order valence-corrected chi connectivity index (χ1v) is 6.63. The summed E-state index contributed by atoms with van der Waals surface area (Å²) < 4.78 is 5.07. The van der Waals surface area contributed by atoms with E-state index in [-0.39, 0.29) is 12.5 Å². The lowest BCUT2D eigenvalue weighted by Gasteiger charge is -2.11. The molecule has 0 aromatic heterocycles. The molecule has 5 heteroatoms. The van der Waals surface area contributed by atoms with Crippen molar-refractivity contribution in [2.45, 2.75) is 33.6 Å². The first-order valence-electron chi connectivity index (χ1n) is 6.63. The fourth-order valence-corrected chi connectivity index (χ4v) is 1.64. The Morgan fingerprint density at radius 1 is 1.35 bits per heavy atom. The second kappa shape index (κ2) is 7.53. The summed E-state index contributed by atoms with van der Waals surface area (Å²) in [5.41, 5.74) is 1.56. The molecule has 1 amide bonds. The third-order valence-electron chi connectivity index (χ3n) is 2.78. The van der Waals surface area contributed by atoms with Gasteiger partial charge in [-0.05, 0) is 43.0 Å². The minimum absolute atomic E-state index is 0.0130. The second-order valence-corrected chi connectivity index (χ2v) is 5.14. The van der Waals surface area contributed by atoms with Gasteiger partial charge in [-0.3, -0.25) is 4.79 Å². The fraction of sp³-hybridized carbons (Fsp3) is 0.467. The van der Waals surface area contributed by atoms with Crippen molar-refractivity contribution in [3.8, 4) is 5.75 Å². The Labute approximate surface area is 118 Å². The van der Waals surface area contributed by atoms with Gasteiger partial charge in [0.15, 0.2) is 6.61 Å². The molecule has 0 aliphatic heterocycles. The zero-order chi connectivity index (χ0) is 15.1. The van der Waals surface area contributed by atoms with Crippen molar-refractivity contribution in [2.75, 3.05) is 11.9 Å². The van der Waals surface area contributed by atoms with Gasteiger partial charge < -0.3 is 15.2 Å². The SMILES string of the molecule is Cc1cc(OCC(=O)O)ccc1NC(=O)CCC(C)C. The molecule has 0 unspecified atom stereocenters. The molecular weight excluding hydrogens is 258 g/mol. The van der Waals surface area contributed by atoms with Gasteiger partial charge in [-0.2, -0.15) is 0 Å². The number of aliphatic carboxylic acids is 1. The van der Waals surface area contributed by atoms with Crippen molar-refractivity contribution >= 4 is 17.6 Å². The van der Waals surface area contributed by atoms with Crippen LogP contribution < -0.4 is 10.1 Å². The largest absolute Gasteiger partial charge is 0.482 e. The normalized spacial score (nSPS) is 10.4. The summed E-state index contributed by atoms with van der Waals surface area (Å²) in [7, 11) is 0. The Bertz CT molecular complexity index is 483. The van der Waals surface area contributed by atoms with E-state index in [0.29, 0.717) is 18.1 Å². The van der Waals surface area contributed by atoms with E-state index in [2.05, 4.69) is 19.2 Å². The molecule has 0 aliphatic carbocycles. The lowest BCUT2D eigenvalue weighted by Crippen LogP contribution is -2.13. The molecule has 0 bridgehead atoms. The predicted molar refractivity (Wildman–Crippen MR) is 77.0 cm³/mol. The molecule has 1 rings (SSSR count). The Hall–Kier alpha value is -2.04. The van der Waals surface area contributed by atoms with Crippen LogP contribution in [0, 0.1) is 12.8 Å². The highest BCUT2D eigenvalue weighted by molar-refractivity contribution is 5.91. The molecule has 0 aliphatic rings. The number of carbonyl (C=O) groups excluding carboxylic acids is 1. The lowest BCUT2D eigenvalue weighted by molar-refractivity contribution is -0.139. The van der Waals surface area contributed by atoms with E-state index in [1.54, 1.807) is 18.2 Å². The molecule has 0 atom stereocenters. The topological polar surface area (TPSA) is 75.6 Å². The van der Waals surface area contributed by atoms with Gasteiger partial charge in [0.2, 0.25) is 5.91 Å². The molecule has 0 radical (unpaired) electrons. The van der Waals surface area contributed by atoms with Crippen molar-refractivity contribution in [1.82, 2.24) is 0 Å². The minimum Gasteiger partial charge on any atom is -0.482 e. The molecule has 1 aromatic rings. The zero-order valence-corrected chi connectivity index (χ0v) is 12.1. The van der Waals surface area contributed by atoms with Gasteiger partial charge >= 0.3 is 5.97 Å². The van der Waals surface area contributed by atoms with E-state index in [0.717, 1.165) is 17.7 Å². The molecule has 0 saturated carbocycles. The number of benzene rings is 1. The molecule has 2 N–H and O–H groups in total. The summed E-state index contributed by atoms with van der Waals surface area (Å²) in [4.78, 5) is 22.2. The molecule has 5 nitrogen and oxygen atoms in total. The summed E-state index contributed by atoms with van der Waals surface area (Å²) >= 11 is 0. The summed E-state index contributed by atoms with van der Waals surface area (Å²) in [5.74, 6) is -0.0616. The number of carboxylic acids is 1. The number of hydrogen-bond acceptors (Lipinski definition) is 3. The maximum Gasteiger partial charge on any atom is 0.341 e. The highest BCUT2D eigenvalue weighted by atomic mass is 16.5. The van der Waals surface area contributed by atoms with Gasteiger partial charge in [0.1, 0.15) is 5.75 Å². The molecule has 1 aromatic carbocycles. The quantitative estimate of drug-likeness (QED) is 0.804. The van der Waals surface area contributed by atoms with Crippen LogP contribution in [0.2, 0.25) is 0 Å². The fourth-order valence-electron chi connectivity index (χ4n) is 1.64. The highest BCUT2D eigenvalue weighted by Gasteiger charge is 2.07. The molecule has 0 saturated heterocycles. The number of rotatable bonds is 7. The average molecular weight is 279 g/mol. The molecule has 0 fully saturated rings. The van der Waals surface area contributed by atoms with E-state index in [9.17, 15) is 9.59 Å². The standard InChI is InChI=1S/C15H21NO4/c1-10(2)4-7-14(17)16-13-6-5-12(8-11(13)3)20-9-15(18)19/h5-6,8,10H,4,7,9H2,1-3H3,(H,16,17)(H,18,19). The summed E-state index contributed by atoms with van der Waals surface area (Å²) in [6.07, 6.45) is 1.35. The first-order chi connectivity index (χ1) is 9.38. The lowest BCUT2D eigenvalue weighted by atomic mass is 10.1. The van der Waals surface area contributed by atoms with Crippen LogP contribution in [-0.4, -0.2) is 23.6 Å². The maximum atomic E-state index is 11.7. The number of nitrogens with one attached hydrogen (secondary N) is 1. The molecule has 110 valence electrons. The van der Waals surface area contributed by atoms with Gasteiger partial charge in [-0.1, -0.05) is 13.8 Å². The first kappa shape index (κ1) is 16.0. The van der Waals surface area contributed by atoms with E-state index in [1.807, 2.05) is 6.92 Å². The molecule has 20 heavy (non-hydrogen) atoms. The molecule has 0 spiro atoms. The van der Waals surface area contributed by atoms with Crippen LogP contribution in [0.25, 0.3) is 0 Å². The number of amides is 1. The monoisotopic (exact) mass is 279 g/mol. The number of carbonyl (C=O) groups is 2. The Balaban J connectivity index is 2.59. The summed E-state index contributed by atoms with van der Waals surface area (Å²) in [6.45, 7) is 5.62. The van der Waals surface area contributed by atoms with Gasteiger partial charge in [0, 0.05) is 12.1 Å². The van der Waals surface area contributed by atoms with E-state index < -0.39 is 5.97 Å². The molecular formula is C15H21NO4. The van der Waals surface area contributed by atoms with Crippen LogP contribution >= 0.6 is 0 Å². The minimum atomic E-state index is -1.02. The highest BCUT2D eigenvalue weighted by Crippen LogP contribution is 2.21. The predicted octanol–water partition coefficient (Wildman–Crippen LogP) is 2.83. The van der Waals surface area contributed by atoms with Crippen molar-refractivity contribution in [3.63, 3.8) is 0 Å². The van der Waals surface area contributed by atoms with Crippen LogP contribution in [0.1, 0.15) is 32.3 Å². The summed E-state index contributed by atoms with van der Waals surface area (Å²) in [5, 5.41) is 11.4. The molecule has 0 heterocycles. The van der Waals surface area contributed by atoms with Crippen LogP contribution in [0.5, 0.6) is 5.75 Å². The third kappa shape index (κ3) is 5.73. The Morgan fingerprint density at radius 3 is 2.60 bits per heavy atom. The second-order valence-electron chi connectivity index (χ2n) is 5.14. The number of carboxylic acid groups (broad SMARTS) is 1. The van der Waals surface area contributed by atoms with Crippen molar-refractivity contribution in [3.05, 3.63) is 23.8 Å². The van der Waals surface area contributed by atoms with Gasteiger partial charge in [-0.25, -0.2) is 4.79 Å². The van der Waals surface area contributed by atoms with Crippen molar-refractivity contribution in [2.24, 2.45) is 5.92 Å². The number of aryl methyl sites for hydroxylation is 1. The smallest absolute Gasteiger partial charge is 0.341 e. The van der Waals surface area contributed by atoms with E-state index in [1.165, 1.54) is 0 Å². The van der Waals surface area contributed by atoms with Gasteiger partial charge in [0.05, 0.1) is 0 Å². The van der Waals surface area contributed by atoms with Crippen LogP contribution in [0.4, 0.5) is 5.69 Å². The van der Waals surface area contributed by atoms with Crippen molar-refractivity contribution in [1.29, 1.82) is 0 Å². The number of ether oxygens (including phenoxy) is 1. The van der Waals surface area contributed by atoms with Crippen LogP contribution in [0.3, 0.4) is 0 Å². The van der Waals surface area contributed by atoms with Crippen molar-refractivity contribution < 1.29 is 19.4 Å². The number of anilines is 1. The van der Waals surface area contributed by atoms with Crippen LogP contribution in [0.15, 0.2) is 18.2 Å². The Morgan fingerprint density at radius 2 is 2.05 bits per heavy atom. The van der Waals surface area contributed by atoms with E-state index in [4.69, 9.17) is 9.84 Å². The van der Waals surface area contributed by atoms with Gasteiger partial charge in [0.25, 0.3) is 0 Å². The summed E-state index contributed by atoms with van der Waals surface area (Å²) in [6, 6.07) is 5.08. The average Bonchev–Trinajstić information content (AvgIpc) is 2.36. The number of hydrogen-bond donors (Lipinski definition) is 2. The van der Waals surface area contributed by atoms with Gasteiger partial charge in [-0.15, -0.1) is 0 Å². The third-order valence-corrected chi connectivity index (χ3v) is 2.78.